The van der Waals surface area contributed by atoms with Gasteiger partial charge in [-0.05, 0) is 9.91 Å². The fraction of sp³-hybridized carbons (Fsp3) is 0.600. The van der Waals surface area contributed by atoms with Gasteiger partial charge in [-0.25, -0.2) is 0 Å². The Kier molecular flexibility index (Phi) is 4.00. The smallest absolute Gasteiger partial charge is 0.381 e. The highest BCUT2D eigenvalue weighted by Crippen LogP contribution is 2.21. The van der Waals surface area contributed by atoms with Crippen molar-refractivity contribution in [3.8, 4) is 0 Å². The molecule has 0 saturated carbocycles. The molecule has 0 saturated heterocycles. The minimum absolute atomic E-state index is 0.0556. The van der Waals surface area contributed by atoms with Crippen molar-refractivity contribution in [2.45, 2.75) is 27.3 Å². The van der Waals surface area contributed by atoms with Gasteiger partial charge in [0.15, 0.2) is 0 Å². The summed E-state index contributed by atoms with van der Waals surface area (Å²) in [6.07, 6.45) is 1.23. The summed E-state index contributed by atoms with van der Waals surface area (Å²) in [7, 11) is 0. The Morgan fingerprint density at radius 2 is 2.33 bits per heavy atom. The van der Waals surface area contributed by atoms with Crippen molar-refractivity contribution in [2.24, 2.45) is 10.6 Å². The third-order valence-corrected chi connectivity index (χ3v) is 2.71. The third kappa shape index (κ3) is 2.82. The number of aromatic nitrogens is 2. The van der Waals surface area contributed by atoms with Crippen molar-refractivity contribution in [3.63, 3.8) is 0 Å². The molecule has 1 aromatic rings. The lowest BCUT2D eigenvalue weighted by Gasteiger charge is -2.21. The Hall–Kier alpha value is -1.99. The first-order valence-electron chi connectivity index (χ1n) is 5.27. The zero-order chi connectivity index (χ0) is 13.9. The second-order valence-electron chi connectivity index (χ2n) is 4.60. The summed E-state index contributed by atoms with van der Waals surface area (Å²) in [6, 6.07) is 0. The summed E-state index contributed by atoms with van der Waals surface area (Å²) in [4.78, 5) is 13.7. The van der Waals surface area contributed by atoms with E-state index in [0.717, 1.165) is 0 Å². The zero-order valence-corrected chi connectivity index (χ0v) is 10.4. The van der Waals surface area contributed by atoms with E-state index >= 15 is 0 Å². The summed E-state index contributed by atoms with van der Waals surface area (Å²) >= 11 is 0. The van der Waals surface area contributed by atoms with Crippen LogP contribution in [0.15, 0.2) is 11.4 Å². The molecule has 0 atom stereocenters. The molecule has 7 nitrogen and oxygen atoms in total. The van der Waals surface area contributed by atoms with E-state index in [4.69, 9.17) is 5.21 Å². The number of aryl methyl sites for hydroxylation is 1. The molecular weight excluding hydrogens is 243 g/mol. The molecule has 0 aliphatic carbocycles. The third-order valence-electron chi connectivity index (χ3n) is 2.71. The van der Waals surface area contributed by atoms with E-state index in [1.54, 1.807) is 20.8 Å². The average molecular weight is 258 g/mol. The van der Waals surface area contributed by atoms with Gasteiger partial charge in [-0.3, -0.25) is 4.39 Å². The highest BCUT2D eigenvalue weighted by molar-refractivity contribution is 5.89. The minimum Gasteiger partial charge on any atom is -0.411 e. The lowest BCUT2D eigenvalue weighted by atomic mass is 9.89. The standard InChI is InChI=1S/C10H15FN4O3/c1-7-12-9(15(17)18)5-14(7)4-8(13-16)10(2,3)6-11/h5,16H,4,6H2,1-3H3/b13-8-. The van der Waals surface area contributed by atoms with Crippen LogP contribution in [0.3, 0.4) is 0 Å². The number of rotatable bonds is 5. The molecule has 1 aromatic heterocycles. The van der Waals surface area contributed by atoms with Crippen LogP contribution in [0.25, 0.3) is 0 Å². The predicted molar refractivity (Wildman–Crippen MR) is 62.6 cm³/mol. The fourth-order valence-electron chi connectivity index (χ4n) is 1.36. The van der Waals surface area contributed by atoms with Crippen LogP contribution in [0.2, 0.25) is 0 Å². The molecule has 0 aromatic carbocycles. The van der Waals surface area contributed by atoms with E-state index in [1.165, 1.54) is 10.8 Å². The molecule has 18 heavy (non-hydrogen) atoms. The van der Waals surface area contributed by atoms with Gasteiger partial charge in [-0.2, -0.15) is 0 Å². The quantitative estimate of drug-likeness (QED) is 0.378. The maximum Gasteiger partial charge on any atom is 0.381 e. The molecule has 0 bridgehead atoms. The monoisotopic (exact) mass is 258 g/mol. The van der Waals surface area contributed by atoms with Crippen LogP contribution in [-0.2, 0) is 6.54 Å². The van der Waals surface area contributed by atoms with Crippen LogP contribution in [0.4, 0.5) is 10.2 Å². The number of hydrogen-bond acceptors (Lipinski definition) is 5. The van der Waals surface area contributed by atoms with Gasteiger partial charge in [0.2, 0.25) is 5.82 Å². The molecule has 0 aliphatic rings. The molecule has 0 spiro atoms. The van der Waals surface area contributed by atoms with E-state index in [0.29, 0.717) is 5.82 Å². The highest BCUT2D eigenvalue weighted by Gasteiger charge is 2.27. The zero-order valence-electron chi connectivity index (χ0n) is 10.4. The molecule has 1 N–H and O–H groups in total. The summed E-state index contributed by atoms with van der Waals surface area (Å²) in [5, 5.41) is 22.6. The molecule has 100 valence electrons. The van der Waals surface area contributed by atoms with Gasteiger partial charge in [0, 0.05) is 12.3 Å². The first-order valence-corrected chi connectivity index (χ1v) is 5.27. The van der Waals surface area contributed by atoms with Crippen molar-refractivity contribution in [3.05, 3.63) is 22.1 Å². The van der Waals surface area contributed by atoms with E-state index in [9.17, 15) is 14.5 Å². The normalized spacial score (nSPS) is 12.8. The van der Waals surface area contributed by atoms with Gasteiger partial charge >= 0.3 is 5.82 Å². The maximum atomic E-state index is 12.8. The molecular formula is C10H15FN4O3. The topological polar surface area (TPSA) is 93.5 Å². The van der Waals surface area contributed by atoms with Gasteiger partial charge in [0.25, 0.3) is 0 Å². The number of hydrogen-bond donors (Lipinski definition) is 1. The molecule has 8 heteroatoms. The molecule has 0 unspecified atom stereocenters. The largest absolute Gasteiger partial charge is 0.411 e. The van der Waals surface area contributed by atoms with E-state index in [-0.39, 0.29) is 18.1 Å². The van der Waals surface area contributed by atoms with Crippen LogP contribution in [0, 0.1) is 22.5 Å². The van der Waals surface area contributed by atoms with Crippen molar-refractivity contribution in [1.82, 2.24) is 9.55 Å². The molecule has 0 amide bonds. The summed E-state index contributed by atoms with van der Waals surface area (Å²) in [5.41, 5.74) is -0.736. The Balaban J connectivity index is 3.00. The molecule has 0 fully saturated rings. The van der Waals surface area contributed by atoms with Crippen LogP contribution in [-0.4, -0.2) is 32.1 Å². The van der Waals surface area contributed by atoms with E-state index in [1.807, 2.05) is 0 Å². The second kappa shape index (κ2) is 5.11. The van der Waals surface area contributed by atoms with Crippen molar-refractivity contribution >= 4 is 11.5 Å². The number of imidazole rings is 1. The van der Waals surface area contributed by atoms with Gasteiger partial charge in [0.05, 0.1) is 18.9 Å². The lowest BCUT2D eigenvalue weighted by Crippen LogP contribution is -2.30. The number of halogens is 1. The molecule has 0 radical (unpaired) electrons. The van der Waals surface area contributed by atoms with Gasteiger partial charge < -0.3 is 19.9 Å². The van der Waals surface area contributed by atoms with Crippen LogP contribution in [0.5, 0.6) is 0 Å². The highest BCUT2D eigenvalue weighted by atomic mass is 19.1. The summed E-state index contributed by atoms with van der Waals surface area (Å²) < 4.78 is 14.3. The van der Waals surface area contributed by atoms with Gasteiger partial charge in [0.1, 0.15) is 6.20 Å². The average Bonchev–Trinajstić information content (AvgIpc) is 2.67. The van der Waals surface area contributed by atoms with Gasteiger partial charge in [-0.1, -0.05) is 19.0 Å². The Morgan fingerprint density at radius 1 is 1.72 bits per heavy atom. The van der Waals surface area contributed by atoms with Gasteiger partial charge in [-0.15, -0.1) is 0 Å². The van der Waals surface area contributed by atoms with Crippen molar-refractivity contribution in [2.75, 3.05) is 6.67 Å². The second-order valence-corrected chi connectivity index (χ2v) is 4.60. The number of oxime groups is 1. The SMILES string of the molecule is Cc1nc([N+](=O)[O-])cn1C/C(=N/O)C(C)(C)CF. The number of nitrogens with zero attached hydrogens (tertiary/aromatic N) is 4. The van der Waals surface area contributed by atoms with Crippen LogP contribution >= 0.6 is 0 Å². The van der Waals surface area contributed by atoms with Crippen LogP contribution < -0.4 is 0 Å². The Bertz CT molecular complexity index is 481. The first kappa shape index (κ1) is 14.1. The molecule has 1 heterocycles. The maximum absolute atomic E-state index is 12.8. The first-order chi connectivity index (χ1) is 8.31. The molecule has 1 rings (SSSR count). The number of alkyl halides is 1. The van der Waals surface area contributed by atoms with Crippen LogP contribution in [0.1, 0.15) is 19.7 Å². The Morgan fingerprint density at radius 3 is 2.72 bits per heavy atom. The number of nitro groups is 1. The van der Waals surface area contributed by atoms with Crippen molar-refractivity contribution in [1.29, 1.82) is 0 Å². The molecule has 0 aliphatic heterocycles. The minimum atomic E-state index is -0.930. The summed E-state index contributed by atoms with van der Waals surface area (Å²) in [5.74, 6) is 0.111. The Labute approximate surface area is 103 Å². The lowest BCUT2D eigenvalue weighted by molar-refractivity contribution is -0.389. The summed E-state index contributed by atoms with van der Waals surface area (Å²) in [6.45, 7) is 4.12. The fourth-order valence-corrected chi connectivity index (χ4v) is 1.36. The predicted octanol–water partition coefficient (Wildman–Crippen LogP) is 1.93. The van der Waals surface area contributed by atoms with Crippen molar-refractivity contribution < 1.29 is 14.5 Å². The van der Waals surface area contributed by atoms with E-state index < -0.39 is 17.0 Å². The van der Waals surface area contributed by atoms with E-state index in [2.05, 4.69) is 10.1 Å².